The second kappa shape index (κ2) is 10.3. The molecule has 0 unspecified atom stereocenters. The van der Waals surface area contributed by atoms with Gasteiger partial charge < -0.3 is 9.64 Å². The lowest BCUT2D eigenvalue weighted by Gasteiger charge is -2.23. The van der Waals surface area contributed by atoms with E-state index in [4.69, 9.17) is 26.9 Å². The van der Waals surface area contributed by atoms with Gasteiger partial charge in [0.2, 0.25) is 0 Å². The van der Waals surface area contributed by atoms with Crippen molar-refractivity contribution in [2.75, 3.05) is 19.0 Å². The lowest BCUT2D eigenvalue weighted by molar-refractivity contribution is 0.509. The first-order chi connectivity index (χ1) is 16.5. The largest absolute Gasteiger partial charge is 0.456 e. The maximum atomic E-state index is 9.10. The fraction of sp³-hybridized carbons (Fsp3) is 0.172. The van der Waals surface area contributed by atoms with Crippen LogP contribution in [0.3, 0.4) is 0 Å². The Hall–Kier alpha value is -3.99. The number of nitriles is 2. The SMILES string of the molecule is CN(C)c1ccc2c(c1)OC(c1ccccc1)=C/C2=C\C=C1/CCCC(C=C(C#N)C#N)=C1Cl. The number of hydrogen-bond donors (Lipinski definition) is 0. The monoisotopic (exact) mass is 465 g/mol. The molecule has 0 radical (unpaired) electrons. The van der Waals surface area contributed by atoms with Crippen LogP contribution in [0.1, 0.15) is 30.4 Å². The first-order valence-electron chi connectivity index (χ1n) is 11.1. The van der Waals surface area contributed by atoms with Gasteiger partial charge in [-0.1, -0.05) is 54.1 Å². The van der Waals surface area contributed by atoms with E-state index in [2.05, 4.69) is 24.3 Å². The lowest BCUT2D eigenvalue weighted by atomic mass is 9.92. The molecule has 2 aromatic rings. The quantitative estimate of drug-likeness (QED) is 0.450. The molecule has 0 aromatic heterocycles. The molecule has 4 nitrogen and oxygen atoms in total. The van der Waals surface area contributed by atoms with Crippen LogP contribution < -0.4 is 9.64 Å². The third kappa shape index (κ3) is 4.99. The van der Waals surface area contributed by atoms with Gasteiger partial charge in [0.1, 0.15) is 29.2 Å². The number of fused-ring (bicyclic) bond motifs is 1. The molecule has 0 fully saturated rings. The van der Waals surface area contributed by atoms with E-state index in [1.807, 2.05) is 73.6 Å². The predicted molar refractivity (Wildman–Crippen MR) is 138 cm³/mol. The molecule has 0 bridgehead atoms. The molecule has 0 N–H and O–H groups in total. The van der Waals surface area contributed by atoms with Crippen LogP contribution in [0.15, 0.2) is 94.6 Å². The Balaban J connectivity index is 1.79. The van der Waals surface area contributed by atoms with E-state index in [0.717, 1.165) is 64.3 Å². The van der Waals surface area contributed by atoms with Gasteiger partial charge in [0.15, 0.2) is 0 Å². The number of benzene rings is 2. The topological polar surface area (TPSA) is 60.0 Å². The Morgan fingerprint density at radius 1 is 1.03 bits per heavy atom. The van der Waals surface area contributed by atoms with Crippen molar-refractivity contribution in [3.05, 3.63) is 106 Å². The van der Waals surface area contributed by atoms with Gasteiger partial charge in [-0.2, -0.15) is 10.5 Å². The second-order valence-corrected chi connectivity index (χ2v) is 8.72. The number of ether oxygens (including phenoxy) is 1. The summed E-state index contributed by atoms with van der Waals surface area (Å²) >= 11 is 6.68. The van der Waals surface area contributed by atoms with Crippen LogP contribution in [0.4, 0.5) is 5.69 Å². The number of hydrogen-bond acceptors (Lipinski definition) is 4. The molecule has 0 amide bonds. The van der Waals surface area contributed by atoms with Crippen molar-refractivity contribution in [3.63, 3.8) is 0 Å². The van der Waals surface area contributed by atoms with Crippen LogP contribution >= 0.6 is 11.6 Å². The van der Waals surface area contributed by atoms with Crippen molar-refractivity contribution in [2.24, 2.45) is 0 Å². The zero-order valence-corrected chi connectivity index (χ0v) is 19.9. The molecule has 1 aliphatic carbocycles. The summed E-state index contributed by atoms with van der Waals surface area (Å²) in [7, 11) is 4.01. The molecule has 4 rings (SSSR count). The molecule has 0 saturated heterocycles. The first kappa shape index (κ1) is 23.2. The standard InChI is InChI=1S/C29H24ClN3O/c1-33(2)25-13-14-26-23(16-27(34-28(26)17-25)21-7-4-3-5-8-21)12-11-22-9-6-10-24(29(22)30)15-20(18-31)19-32/h3-5,7-8,11-17H,6,9-10H2,1-2H3/b22-11+,23-12+. The zero-order chi connectivity index (χ0) is 24.1. The number of halogens is 1. The van der Waals surface area contributed by atoms with Gasteiger partial charge in [0, 0.05) is 42.0 Å². The van der Waals surface area contributed by atoms with E-state index < -0.39 is 0 Å². The molecule has 5 heteroatoms. The predicted octanol–water partition coefficient (Wildman–Crippen LogP) is 7.15. The number of rotatable bonds is 4. The molecule has 1 heterocycles. The summed E-state index contributed by atoms with van der Waals surface area (Å²) in [6.07, 6.45) is 10.3. The van der Waals surface area contributed by atoms with Crippen molar-refractivity contribution in [1.29, 1.82) is 10.5 Å². The highest BCUT2D eigenvalue weighted by Gasteiger charge is 2.19. The maximum absolute atomic E-state index is 9.10. The van der Waals surface area contributed by atoms with Gasteiger partial charge in [0.25, 0.3) is 0 Å². The average molecular weight is 466 g/mol. The van der Waals surface area contributed by atoms with Gasteiger partial charge >= 0.3 is 0 Å². The molecular formula is C29H24ClN3O. The minimum absolute atomic E-state index is 0.0678. The van der Waals surface area contributed by atoms with Crippen LogP contribution in [-0.2, 0) is 0 Å². The molecule has 168 valence electrons. The fourth-order valence-corrected chi connectivity index (χ4v) is 4.31. The third-order valence-corrected chi connectivity index (χ3v) is 6.32. The van der Waals surface area contributed by atoms with Gasteiger partial charge in [-0.25, -0.2) is 0 Å². The van der Waals surface area contributed by atoms with Crippen molar-refractivity contribution in [3.8, 4) is 17.9 Å². The summed E-state index contributed by atoms with van der Waals surface area (Å²) in [5, 5.41) is 18.8. The van der Waals surface area contributed by atoms with E-state index in [-0.39, 0.29) is 5.57 Å². The van der Waals surface area contributed by atoms with Crippen molar-refractivity contribution < 1.29 is 4.74 Å². The van der Waals surface area contributed by atoms with E-state index in [0.29, 0.717) is 5.03 Å². The minimum Gasteiger partial charge on any atom is -0.456 e. The smallest absolute Gasteiger partial charge is 0.137 e. The van der Waals surface area contributed by atoms with Gasteiger partial charge in [-0.05, 0) is 60.3 Å². The average Bonchev–Trinajstić information content (AvgIpc) is 2.87. The van der Waals surface area contributed by atoms with Crippen LogP contribution in [0.25, 0.3) is 11.3 Å². The number of allylic oxidation sites excluding steroid dienone is 9. The summed E-state index contributed by atoms with van der Waals surface area (Å²) in [6.45, 7) is 0. The highest BCUT2D eigenvalue weighted by molar-refractivity contribution is 6.32. The molecule has 0 saturated carbocycles. The molecule has 34 heavy (non-hydrogen) atoms. The summed E-state index contributed by atoms with van der Waals surface area (Å²) < 4.78 is 6.31. The number of anilines is 1. The molecule has 0 spiro atoms. The van der Waals surface area contributed by atoms with Gasteiger partial charge in [0.05, 0.1) is 0 Å². The summed E-state index contributed by atoms with van der Waals surface area (Å²) in [4.78, 5) is 2.05. The van der Waals surface area contributed by atoms with Crippen LogP contribution in [0, 0.1) is 22.7 Å². The Kier molecular flexibility index (Phi) is 7.02. The maximum Gasteiger partial charge on any atom is 0.137 e. The van der Waals surface area contributed by atoms with E-state index in [9.17, 15) is 0 Å². The van der Waals surface area contributed by atoms with Gasteiger partial charge in [-0.15, -0.1) is 0 Å². The van der Waals surface area contributed by atoms with Crippen LogP contribution in [0.2, 0.25) is 0 Å². The van der Waals surface area contributed by atoms with E-state index in [1.54, 1.807) is 6.08 Å². The summed E-state index contributed by atoms with van der Waals surface area (Å²) in [5.74, 6) is 1.59. The Morgan fingerprint density at radius 3 is 2.50 bits per heavy atom. The van der Waals surface area contributed by atoms with Crippen molar-refractivity contribution in [1.82, 2.24) is 0 Å². The molecule has 0 atom stereocenters. The van der Waals surface area contributed by atoms with Crippen molar-refractivity contribution in [2.45, 2.75) is 19.3 Å². The van der Waals surface area contributed by atoms with E-state index in [1.165, 1.54) is 0 Å². The molecule has 2 aliphatic rings. The second-order valence-electron chi connectivity index (χ2n) is 8.34. The Morgan fingerprint density at radius 2 is 1.79 bits per heavy atom. The number of nitrogens with zero attached hydrogens (tertiary/aromatic N) is 3. The minimum atomic E-state index is 0.0678. The van der Waals surface area contributed by atoms with Gasteiger partial charge in [-0.3, -0.25) is 0 Å². The molecule has 2 aromatic carbocycles. The van der Waals surface area contributed by atoms with E-state index >= 15 is 0 Å². The zero-order valence-electron chi connectivity index (χ0n) is 19.2. The lowest BCUT2D eigenvalue weighted by Crippen LogP contribution is -2.10. The summed E-state index contributed by atoms with van der Waals surface area (Å²) in [6, 6.07) is 20.1. The van der Waals surface area contributed by atoms with Crippen LogP contribution in [0.5, 0.6) is 5.75 Å². The Labute approximate surface area is 205 Å². The fourth-order valence-electron chi connectivity index (χ4n) is 4.00. The highest BCUT2D eigenvalue weighted by Crippen LogP contribution is 2.40. The van der Waals surface area contributed by atoms with Crippen LogP contribution in [-0.4, -0.2) is 14.1 Å². The first-order valence-corrected chi connectivity index (χ1v) is 11.5. The summed E-state index contributed by atoms with van der Waals surface area (Å²) in [5.41, 5.74) is 6.00. The Bertz CT molecular complexity index is 1330. The third-order valence-electron chi connectivity index (χ3n) is 5.84. The molecular weight excluding hydrogens is 442 g/mol. The normalized spacial score (nSPS) is 17.3. The molecule has 1 aliphatic heterocycles. The van der Waals surface area contributed by atoms with Crippen molar-refractivity contribution >= 4 is 28.6 Å². The highest BCUT2D eigenvalue weighted by atomic mass is 35.5.